The Balaban J connectivity index is 1.67. The SMILES string of the molecule is COc1ccc(C(=O)N(C)C2CCC(C)CC2)cc1S(=O)(=O)N1CCCc2ccccc21. The van der Waals surface area contributed by atoms with Crippen LogP contribution in [0.1, 0.15) is 54.9 Å². The fraction of sp³-hybridized carbons (Fsp3) is 0.480. The number of rotatable bonds is 5. The highest BCUT2D eigenvalue weighted by Gasteiger charge is 2.33. The largest absolute Gasteiger partial charge is 0.495 e. The molecular formula is C25H32N2O4S. The van der Waals surface area contributed by atoms with E-state index in [1.54, 1.807) is 17.0 Å². The fourth-order valence-corrected chi connectivity index (χ4v) is 6.60. The van der Waals surface area contributed by atoms with E-state index in [0.717, 1.165) is 44.1 Å². The summed E-state index contributed by atoms with van der Waals surface area (Å²) in [6, 6.07) is 12.5. The van der Waals surface area contributed by atoms with Crippen molar-refractivity contribution in [3.63, 3.8) is 0 Å². The summed E-state index contributed by atoms with van der Waals surface area (Å²) in [7, 11) is -0.619. The smallest absolute Gasteiger partial charge is 0.268 e. The van der Waals surface area contributed by atoms with Crippen LogP contribution in [0.15, 0.2) is 47.4 Å². The lowest BCUT2D eigenvalue weighted by Gasteiger charge is -2.34. The Morgan fingerprint density at radius 3 is 2.53 bits per heavy atom. The fourth-order valence-electron chi connectivity index (χ4n) is 4.88. The number of benzene rings is 2. The molecule has 1 saturated carbocycles. The van der Waals surface area contributed by atoms with Crippen LogP contribution < -0.4 is 9.04 Å². The maximum absolute atomic E-state index is 13.7. The number of nitrogens with zero attached hydrogens (tertiary/aromatic N) is 2. The molecule has 0 atom stereocenters. The molecule has 0 saturated heterocycles. The van der Waals surface area contributed by atoms with Crippen LogP contribution in [0.4, 0.5) is 5.69 Å². The van der Waals surface area contributed by atoms with Gasteiger partial charge in [0.25, 0.3) is 15.9 Å². The normalized spacial score (nSPS) is 21.0. The monoisotopic (exact) mass is 456 g/mol. The molecule has 1 amide bonds. The Kier molecular flexibility index (Phi) is 6.47. The average Bonchev–Trinajstić information content (AvgIpc) is 2.82. The number of hydrogen-bond acceptors (Lipinski definition) is 4. The molecule has 0 radical (unpaired) electrons. The molecule has 4 rings (SSSR count). The molecule has 172 valence electrons. The molecule has 2 aromatic rings. The van der Waals surface area contributed by atoms with Gasteiger partial charge in [-0.3, -0.25) is 9.10 Å². The van der Waals surface area contributed by atoms with Crippen molar-refractivity contribution in [2.75, 3.05) is 25.0 Å². The zero-order valence-electron chi connectivity index (χ0n) is 19.1. The topological polar surface area (TPSA) is 66.9 Å². The molecule has 32 heavy (non-hydrogen) atoms. The van der Waals surface area contributed by atoms with Crippen molar-refractivity contribution in [1.82, 2.24) is 4.90 Å². The first kappa shape index (κ1) is 22.6. The van der Waals surface area contributed by atoms with Crippen molar-refractivity contribution in [3.8, 4) is 5.75 Å². The van der Waals surface area contributed by atoms with Crippen LogP contribution in [0, 0.1) is 5.92 Å². The van der Waals surface area contributed by atoms with Crippen LogP contribution in [0.5, 0.6) is 5.75 Å². The third kappa shape index (κ3) is 4.22. The Hall–Kier alpha value is -2.54. The molecule has 2 aliphatic rings. The van der Waals surface area contributed by atoms with Crippen molar-refractivity contribution in [2.24, 2.45) is 5.92 Å². The Morgan fingerprint density at radius 2 is 1.81 bits per heavy atom. The second-order valence-electron chi connectivity index (χ2n) is 9.00. The number of aryl methyl sites for hydroxylation is 1. The molecule has 0 N–H and O–H groups in total. The highest BCUT2D eigenvalue weighted by molar-refractivity contribution is 7.93. The van der Waals surface area contributed by atoms with Crippen LogP contribution in [0.25, 0.3) is 0 Å². The van der Waals surface area contributed by atoms with Crippen molar-refractivity contribution >= 4 is 21.6 Å². The molecule has 0 spiro atoms. The molecule has 1 heterocycles. The van der Waals surface area contributed by atoms with Crippen LogP contribution in [-0.2, 0) is 16.4 Å². The quantitative estimate of drug-likeness (QED) is 0.665. The minimum absolute atomic E-state index is 0.0354. The lowest BCUT2D eigenvalue weighted by molar-refractivity contribution is 0.0679. The lowest BCUT2D eigenvalue weighted by atomic mass is 9.86. The standard InChI is InChI=1S/C25H32N2O4S/c1-18-10-13-21(14-11-18)26(2)25(28)20-12-15-23(31-3)24(17-20)32(29,30)27-16-6-8-19-7-4-5-9-22(19)27/h4-5,7,9,12,15,17-18,21H,6,8,10-11,13-14,16H2,1-3H3. The molecular weight excluding hydrogens is 424 g/mol. The van der Waals surface area contributed by atoms with Gasteiger partial charge < -0.3 is 9.64 Å². The Labute approximate surface area is 191 Å². The van der Waals surface area contributed by atoms with E-state index >= 15 is 0 Å². The predicted molar refractivity (Wildman–Crippen MR) is 126 cm³/mol. The van der Waals surface area contributed by atoms with E-state index in [9.17, 15) is 13.2 Å². The summed E-state index contributed by atoms with van der Waals surface area (Å²) in [6.07, 6.45) is 5.78. The summed E-state index contributed by atoms with van der Waals surface area (Å²) >= 11 is 0. The molecule has 0 bridgehead atoms. The summed E-state index contributed by atoms with van der Waals surface area (Å²) in [5.74, 6) is 0.793. The maximum Gasteiger partial charge on any atom is 0.268 e. The summed E-state index contributed by atoms with van der Waals surface area (Å²) in [4.78, 5) is 15.1. The predicted octanol–water partition coefficient (Wildman–Crippen LogP) is 4.49. The minimum atomic E-state index is -3.89. The van der Waals surface area contributed by atoms with Gasteiger partial charge in [0.05, 0.1) is 12.8 Å². The average molecular weight is 457 g/mol. The molecule has 1 aliphatic carbocycles. The Bertz CT molecular complexity index is 1090. The zero-order chi connectivity index (χ0) is 22.9. The second kappa shape index (κ2) is 9.14. The summed E-state index contributed by atoms with van der Waals surface area (Å²) < 4.78 is 34.3. The van der Waals surface area contributed by atoms with E-state index in [1.807, 2.05) is 31.3 Å². The zero-order valence-corrected chi connectivity index (χ0v) is 19.9. The third-order valence-electron chi connectivity index (χ3n) is 6.90. The van der Waals surface area contributed by atoms with Gasteiger partial charge in [-0.05, 0) is 74.3 Å². The molecule has 1 fully saturated rings. The van der Waals surface area contributed by atoms with Gasteiger partial charge in [-0.25, -0.2) is 8.42 Å². The highest BCUT2D eigenvalue weighted by atomic mass is 32.2. The van der Waals surface area contributed by atoms with Gasteiger partial charge in [0, 0.05) is 25.2 Å². The maximum atomic E-state index is 13.7. The van der Waals surface area contributed by atoms with E-state index in [2.05, 4.69) is 6.92 Å². The van der Waals surface area contributed by atoms with Gasteiger partial charge in [-0.15, -0.1) is 0 Å². The van der Waals surface area contributed by atoms with Crippen molar-refractivity contribution in [2.45, 2.75) is 56.4 Å². The number of para-hydroxylation sites is 1. The van der Waals surface area contributed by atoms with Crippen LogP contribution in [0.2, 0.25) is 0 Å². The van der Waals surface area contributed by atoms with E-state index in [1.165, 1.54) is 17.5 Å². The number of amides is 1. The van der Waals surface area contributed by atoms with Crippen LogP contribution >= 0.6 is 0 Å². The molecule has 1 aliphatic heterocycles. The molecule has 0 aromatic heterocycles. The minimum Gasteiger partial charge on any atom is -0.495 e. The van der Waals surface area contributed by atoms with Gasteiger partial charge in [0.1, 0.15) is 10.6 Å². The number of ether oxygens (including phenoxy) is 1. The summed E-state index contributed by atoms with van der Waals surface area (Å²) in [6.45, 7) is 2.65. The molecule has 2 aromatic carbocycles. The van der Waals surface area contributed by atoms with Gasteiger partial charge in [-0.1, -0.05) is 25.1 Å². The number of carbonyl (C=O) groups excluding carboxylic acids is 1. The van der Waals surface area contributed by atoms with Crippen LogP contribution in [0.3, 0.4) is 0 Å². The van der Waals surface area contributed by atoms with Gasteiger partial charge >= 0.3 is 0 Å². The first-order valence-corrected chi connectivity index (χ1v) is 12.8. The third-order valence-corrected chi connectivity index (χ3v) is 8.73. The Morgan fingerprint density at radius 1 is 1.09 bits per heavy atom. The highest BCUT2D eigenvalue weighted by Crippen LogP contribution is 2.36. The van der Waals surface area contributed by atoms with Crippen LogP contribution in [-0.4, -0.2) is 46.0 Å². The van der Waals surface area contributed by atoms with Gasteiger partial charge in [0.15, 0.2) is 0 Å². The second-order valence-corrected chi connectivity index (χ2v) is 10.8. The lowest BCUT2D eigenvalue weighted by Crippen LogP contribution is -2.39. The van der Waals surface area contributed by atoms with E-state index in [4.69, 9.17) is 4.74 Å². The molecule has 0 unspecified atom stereocenters. The first-order chi connectivity index (χ1) is 15.3. The number of anilines is 1. The number of hydrogen-bond donors (Lipinski definition) is 0. The van der Waals surface area contributed by atoms with Crippen molar-refractivity contribution in [1.29, 1.82) is 0 Å². The van der Waals surface area contributed by atoms with Gasteiger partial charge in [0.2, 0.25) is 0 Å². The first-order valence-electron chi connectivity index (χ1n) is 11.4. The number of carbonyl (C=O) groups is 1. The summed E-state index contributed by atoms with van der Waals surface area (Å²) in [5.41, 5.74) is 2.08. The molecule has 7 heteroatoms. The summed E-state index contributed by atoms with van der Waals surface area (Å²) in [5, 5.41) is 0. The van der Waals surface area contributed by atoms with E-state index in [0.29, 0.717) is 23.7 Å². The van der Waals surface area contributed by atoms with E-state index < -0.39 is 10.0 Å². The van der Waals surface area contributed by atoms with Crippen molar-refractivity contribution < 1.29 is 17.9 Å². The number of fused-ring (bicyclic) bond motifs is 1. The number of methoxy groups -OCH3 is 1. The van der Waals surface area contributed by atoms with Crippen molar-refractivity contribution in [3.05, 3.63) is 53.6 Å². The van der Waals surface area contributed by atoms with Gasteiger partial charge in [-0.2, -0.15) is 0 Å². The number of sulfonamides is 1. The van der Waals surface area contributed by atoms with E-state index in [-0.39, 0.29) is 22.6 Å². The molecule has 6 nitrogen and oxygen atoms in total.